The van der Waals surface area contributed by atoms with Gasteiger partial charge < -0.3 is 0 Å². The van der Waals surface area contributed by atoms with Gasteiger partial charge in [-0.25, -0.2) is 19.9 Å². The lowest BCUT2D eigenvalue weighted by atomic mass is 9.90. The van der Waals surface area contributed by atoms with E-state index in [0.717, 1.165) is 44.2 Å². The first kappa shape index (κ1) is 27.8. The summed E-state index contributed by atoms with van der Waals surface area (Å²) in [6.07, 6.45) is 0. The number of hydrogen-bond donors (Lipinski definition) is 0. The van der Waals surface area contributed by atoms with E-state index in [-0.39, 0.29) is 0 Å². The van der Waals surface area contributed by atoms with Crippen molar-refractivity contribution in [2.24, 2.45) is 0 Å². The Balaban J connectivity index is 1.21. The third-order valence-corrected chi connectivity index (χ3v) is 8.92. The van der Waals surface area contributed by atoms with Crippen LogP contribution in [0, 0.1) is 0 Å². The summed E-state index contributed by atoms with van der Waals surface area (Å²) >= 11 is 0. The molecule has 0 amide bonds. The van der Waals surface area contributed by atoms with Gasteiger partial charge in [-0.05, 0) is 28.0 Å². The first-order valence-corrected chi connectivity index (χ1v) is 16.1. The fraction of sp³-hybridized carbons (Fsp3) is 0. The van der Waals surface area contributed by atoms with Crippen molar-refractivity contribution in [1.82, 2.24) is 19.9 Å². The molecule has 4 heteroatoms. The smallest absolute Gasteiger partial charge is 0.164 e. The highest BCUT2D eigenvalue weighted by molar-refractivity contribution is 6.19. The second kappa shape index (κ2) is 11.7. The van der Waals surface area contributed by atoms with E-state index < -0.39 is 0 Å². The van der Waals surface area contributed by atoms with Gasteiger partial charge in [0.1, 0.15) is 0 Å². The molecule has 0 N–H and O–H groups in total. The van der Waals surface area contributed by atoms with E-state index in [1.54, 1.807) is 0 Å². The molecule has 48 heavy (non-hydrogen) atoms. The summed E-state index contributed by atoms with van der Waals surface area (Å²) in [5, 5.41) is 5.93. The van der Waals surface area contributed by atoms with Crippen molar-refractivity contribution in [2.75, 3.05) is 0 Å². The molecule has 0 bridgehead atoms. The van der Waals surface area contributed by atoms with Gasteiger partial charge in [0.15, 0.2) is 17.5 Å². The van der Waals surface area contributed by atoms with Crippen molar-refractivity contribution < 1.29 is 0 Å². The lowest BCUT2D eigenvalue weighted by molar-refractivity contribution is 1.07. The fourth-order valence-electron chi connectivity index (χ4n) is 6.62. The molecule has 0 radical (unpaired) electrons. The zero-order valence-corrected chi connectivity index (χ0v) is 26.0. The molecule has 0 atom stereocenters. The molecule has 0 aliphatic carbocycles. The van der Waals surface area contributed by atoms with Crippen LogP contribution >= 0.6 is 0 Å². The minimum atomic E-state index is 0.629. The highest BCUT2D eigenvalue weighted by Gasteiger charge is 2.17. The van der Waals surface area contributed by atoms with Gasteiger partial charge >= 0.3 is 0 Å². The summed E-state index contributed by atoms with van der Waals surface area (Å²) in [7, 11) is 0. The van der Waals surface area contributed by atoms with Crippen molar-refractivity contribution in [3.05, 3.63) is 170 Å². The van der Waals surface area contributed by atoms with Crippen LogP contribution in [0.25, 0.3) is 89.0 Å². The number of aromatic nitrogens is 4. The van der Waals surface area contributed by atoms with Gasteiger partial charge in [-0.2, -0.15) is 0 Å². The zero-order valence-electron chi connectivity index (χ0n) is 26.0. The Labute approximate surface area is 278 Å². The predicted octanol–water partition coefficient (Wildman–Crippen LogP) is 11.1. The molecule has 0 aliphatic rings. The van der Waals surface area contributed by atoms with E-state index in [2.05, 4.69) is 109 Å². The minimum Gasteiger partial charge on any atom is -0.247 e. The van der Waals surface area contributed by atoms with Gasteiger partial charge in [0.2, 0.25) is 0 Å². The Hall–Kier alpha value is -6.52. The molecule has 2 aromatic heterocycles. The molecule has 0 saturated heterocycles. The Morgan fingerprint density at radius 1 is 0.292 bits per heavy atom. The second-order valence-corrected chi connectivity index (χ2v) is 11.8. The Morgan fingerprint density at radius 2 is 0.771 bits per heavy atom. The quantitative estimate of drug-likeness (QED) is 0.181. The lowest BCUT2D eigenvalue weighted by Gasteiger charge is -2.15. The Morgan fingerprint density at radius 3 is 1.46 bits per heavy atom. The molecule has 0 aliphatic heterocycles. The molecule has 0 spiro atoms. The highest BCUT2D eigenvalue weighted by atomic mass is 15.0. The number of fused-ring (bicyclic) bond motifs is 4. The molecule has 0 saturated carbocycles. The van der Waals surface area contributed by atoms with Gasteiger partial charge in [0.05, 0.1) is 11.2 Å². The largest absolute Gasteiger partial charge is 0.247 e. The maximum atomic E-state index is 5.24. The summed E-state index contributed by atoms with van der Waals surface area (Å²) in [4.78, 5) is 19.9. The van der Waals surface area contributed by atoms with Crippen molar-refractivity contribution >= 4 is 32.4 Å². The third-order valence-electron chi connectivity index (χ3n) is 8.92. The van der Waals surface area contributed by atoms with Gasteiger partial charge in [-0.1, -0.05) is 164 Å². The number of rotatable bonds is 5. The Bertz CT molecular complexity index is 2530. The summed E-state index contributed by atoms with van der Waals surface area (Å²) in [6.45, 7) is 0. The van der Waals surface area contributed by atoms with Gasteiger partial charge in [0, 0.05) is 38.4 Å². The monoisotopic (exact) mass is 612 g/mol. The molecule has 4 nitrogen and oxygen atoms in total. The lowest BCUT2D eigenvalue weighted by Crippen LogP contribution is -2.00. The average molecular weight is 613 g/mol. The van der Waals surface area contributed by atoms with E-state index in [9.17, 15) is 0 Å². The zero-order chi connectivity index (χ0) is 31.9. The van der Waals surface area contributed by atoms with E-state index in [1.807, 2.05) is 60.7 Å². The van der Waals surface area contributed by atoms with Crippen molar-refractivity contribution in [3.8, 4) is 56.5 Å². The highest BCUT2D eigenvalue weighted by Crippen LogP contribution is 2.40. The predicted molar refractivity (Wildman–Crippen MR) is 197 cm³/mol. The van der Waals surface area contributed by atoms with Crippen LogP contribution in [0.2, 0.25) is 0 Å². The molecule has 2 heterocycles. The number of hydrogen-bond acceptors (Lipinski definition) is 4. The van der Waals surface area contributed by atoms with E-state index in [4.69, 9.17) is 19.9 Å². The van der Waals surface area contributed by atoms with Crippen LogP contribution in [0.1, 0.15) is 0 Å². The summed E-state index contributed by atoms with van der Waals surface area (Å²) in [5.41, 5.74) is 8.18. The second-order valence-electron chi connectivity index (χ2n) is 11.8. The van der Waals surface area contributed by atoms with Crippen LogP contribution in [0.3, 0.4) is 0 Å². The number of nitrogens with zero attached hydrogens (tertiary/aromatic N) is 4. The SMILES string of the molecule is c1ccc(-c2nc(-c3ccccc3)nc(-c3ccc(-c4nc5ccccc5c5c(-c6cccc7ccccc67)cccc45)cc3)n2)cc1. The van der Waals surface area contributed by atoms with Crippen molar-refractivity contribution in [1.29, 1.82) is 0 Å². The van der Waals surface area contributed by atoms with E-state index in [0.29, 0.717) is 17.5 Å². The summed E-state index contributed by atoms with van der Waals surface area (Å²) in [5.74, 6) is 1.92. The van der Waals surface area contributed by atoms with Crippen LogP contribution < -0.4 is 0 Å². The molecule has 224 valence electrons. The van der Waals surface area contributed by atoms with Gasteiger partial charge in [-0.15, -0.1) is 0 Å². The Kier molecular flexibility index (Phi) is 6.76. The number of benzene rings is 7. The van der Waals surface area contributed by atoms with Crippen LogP contribution in [-0.2, 0) is 0 Å². The molecular weight excluding hydrogens is 585 g/mol. The molecule has 9 aromatic rings. The van der Waals surface area contributed by atoms with E-state index in [1.165, 1.54) is 27.3 Å². The van der Waals surface area contributed by atoms with E-state index >= 15 is 0 Å². The minimum absolute atomic E-state index is 0.629. The standard InChI is InChI=1S/C44H28N4/c1-3-14-31(15-4-1)42-46-43(32-16-5-2-6-17-32)48-44(47-42)33-27-25-30(26-28-33)41-38-23-12-22-36(40(38)37-20-9-10-24-39(37)45-41)35-21-11-18-29-13-7-8-19-34(29)35/h1-28H. The normalized spacial score (nSPS) is 11.3. The maximum absolute atomic E-state index is 5.24. The molecule has 0 unspecified atom stereocenters. The third kappa shape index (κ3) is 4.88. The summed E-state index contributed by atoms with van der Waals surface area (Å²) < 4.78 is 0. The van der Waals surface area contributed by atoms with Crippen LogP contribution in [-0.4, -0.2) is 19.9 Å². The number of para-hydroxylation sites is 1. The first-order chi connectivity index (χ1) is 23.8. The number of pyridine rings is 1. The van der Waals surface area contributed by atoms with Crippen molar-refractivity contribution in [3.63, 3.8) is 0 Å². The molecule has 7 aromatic carbocycles. The first-order valence-electron chi connectivity index (χ1n) is 16.1. The van der Waals surface area contributed by atoms with Crippen LogP contribution in [0.5, 0.6) is 0 Å². The maximum Gasteiger partial charge on any atom is 0.164 e. The summed E-state index contributed by atoms with van der Waals surface area (Å²) in [6, 6.07) is 58.7. The average Bonchev–Trinajstić information content (AvgIpc) is 3.17. The van der Waals surface area contributed by atoms with Gasteiger partial charge in [0.25, 0.3) is 0 Å². The van der Waals surface area contributed by atoms with Crippen molar-refractivity contribution in [2.45, 2.75) is 0 Å². The van der Waals surface area contributed by atoms with Gasteiger partial charge in [-0.3, -0.25) is 0 Å². The molecular formula is C44H28N4. The molecule has 9 rings (SSSR count). The van der Waals surface area contributed by atoms with Crippen LogP contribution in [0.15, 0.2) is 170 Å². The molecule has 0 fully saturated rings. The fourth-order valence-corrected chi connectivity index (χ4v) is 6.62. The topological polar surface area (TPSA) is 51.6 Å². The van der Waals surface area contributed by atoms with Crippen LogP contribution in [0.4, 0.5) is 0 Å².